The van der Waals surface area contributed by atoms with Gasteiger partial charge < -0.3 is 9.64 Å². The zero-order valence-corrected chi connectivity index (χ0v) is 19.7. The van der Waals surface area contributed by atoms with E-state index in [4.69, 9.17) is 9.72 Å². The van der Waals surface area contributed by atoms with Crippen molar-refractivity contribution in [3.63, 3.8) is 0 Å². The first-order valence-corrected chi connectivity index (χ1v) is 11.1. The second kappa shape index (κ2) is 10.8. The highest BCUT2D eigenvalue weighted by Gasteiger charge is 2.22. The second-order valence-corrected chi connectivity index (χ2v) is 8.55. The van der Waals surface area contributed by atoms with Crippen LogP contribution in [0.5, 0.6) is 0 Å². The average Bonchev–Trinajstić information content (AvgIpc) is 3.15. The van der Waals surface area contributed by atoms with E-state index < -0.39 is 5.97 Å². The van der Waals surface area contributed by atoms with Crippen LogP contribution in [-0.2, 0) is 4.74 Å². The molecule has 3 aromatic rings. The van der Waals surface area contributed by atoms with Crippen LogP contribution in [0.1, 0.15) is 20.7 Å². The van der Waals surface area contributed by atoms with E-state index in [9.17, 15) is 9.59 Å². The number of thiazole rings is 1. The molecule has 1 heterocycles. The van der Waals surface area contributed by atoms with Gasteiger partial charge in [-0.1, -0.05) is 11.3 Å². The number of likely N-dealkylation sites (N-methyl/N-ethyl adjacent to an activating group) is 1. The van der Waals surface area contributed by atoms with Crippen molar-refractivity contribution in [2.45, 2.75) is 4.90 Å². The molecule has 0 bridgehead atoms. The summed E-state index contributed by atoms with van der Waals surface area (Å²) in [5, 5.41) is 0.669. The highest BCUT2D eigenvalue weighted by atomic mass is 35.5. The number of carbonyl (C=O) groups excluding carboxylic acids is 2. The van der Waals surface area contributed by atoms with Gasteiger partial charge in [-0.3, -0.25) is 9.69 Å². The van der Waals surface area contributed by atoms with Gasteiger partial charge in [0.05, 0.1) is 22.9 Å². The molecule has 30 heavy (non-hydrogen) atoms. The second-order valence-electron chi connectivity index (χ2n) is 6.66. The van der Waals surface area contributed by atoms with Crippen LogP contribution in [-0.4, -0.2) is 62.3 Å². The number of carbonyl (C=O) groups is 2. The third kappa shape index (κ3) is 5.51. The van der Waals surface area contributed by atoms with E-state index in [0.29, 0.717) is 29.3 Å². The molecule has 0 atom stereocenters. The minimum absolute atomic E-state index is 0. The van der Waals surface area contributed by atoms with Crippen LogP contribution >= 0.6 is 35.5 Å². The maximum absolute atomic E-state index is 13.3. The highest BCUT2D eigenvalue weighted by Crippen LogP contribution is 2.32. The van der Waals surface area contributed by atoms with Gasteiger partial charge in [-0.15, -0.1) is 24.2 Å². The molecular formula is C21H24ClN3O3S2. The molecule has 1 amide bonds. The predicted molar refractivity (Wildman–Crippen MR) is 127 cm³/mol. The summed E-state index contributed by atoms with van der Waals surface area (Å²) in [6.45, 7) is 1.22. The van der Waals surface area contributed by atoms with Crippen molar-refractivity contribution in [2.24, 2.45) is 0 Å². The third-order valence-electron chi connectivity index (χ3n) is 4.38. The van der Waals surface area contributed by atoms with E-state index in [-0.39, 0.29) is 18.3 Å². The number of amides is 1. The number of nitrogens with zero attached hydrogens (tertiary/aromatic N) is 3. The number of methoxy groups -OCH3 is 1. The summed E-state index contributed by atoms with van der Waals surface area (Å²) in [7, 11) is 5.27. The zero-order valence-electron chi connectivity index (χ0n) is 17.2. The first-order chi connectivity index (χ1) is 13.9. The molecule has 0 aliphatic carbocycles. The fourth-order valence-corrected chi connectivity index (χ4v) is 4.29. The lowest BCUT2D eigenvalue weighted by molar-refractivity contribution is 0.0600. The zero-order chi connectivity index (χ0) is 21.0. The molecular weight excluding hydrogens is 442 g/mol. The van der Waals surface area contributed by atoms with Gasteiger partial charge >= 0.3 is 5.97 Å². The van der Waals surface area contributed by atoms with Gasteiger partial charge in [-0.25, -0.2) is 9.78 Å². The molecule has 160 valence electrons. The molecule has 0 saturated heterocycles. The van der Waals surface area contributed by atoms with E-state index in [1.54, 1.807) is 40.9 Å². The summed E-state index contributed by atoms with van der Waals surface area (Å²) < 4.78 is 5.77. The van der Waals surface area contributed by atoms with Crippen LogP contribution in [0.15, 0.2) is 47.4 Å². The maximum atomic E-state index is 13.3. The van der Waals surface area contributed by atoms with Crippen molar-refractivity contribution in [1.29, 1.82) is 0 Å². The Morgan fingerprint density at radius 1 is 1.07 bits per heavy atom. The van der Waals surface area contributed by atoms with Gasteiger partial charge in [0.15, 0.2) is 5.13 Å². The topological polar surface area (TPSA) is 62.7 Å². The Labute approximate surface area is 190 Å². The summed E-state index contributed by atoms with van der Waals surface area (Å²) in [5.74, 6) is -0.573. The number of anilines is 1. The lowest BCUT2D eigenvalue weighted by Crippen LogP contribution is -2.36. The summed E-state index contributed by atoms with van der Waals surface area (Å²) in [6, 6.07) is 12.6. The van der Waals surface area contributed by atoms with Gasteiger partial charge in [-0.05, 0) is 62.8 Å². The Morgan fingerprint density at radius 2 is 1.73 bits per heavy atom. The molecule has 1 aromatic heterocycles. The Kier molecular flexibility index (Phi) is 8.66. The fraction of sp³-hybridized carbons (Fsp3) is 0.286. The highest BCUT2D eigenvalue weighted by molar-refractivity contribution is 7.98. The van der Waals surface area contributed by atoms with Crippen LogP contribution in [0.25, 0.3) is 10.2 Å². The molecule has 6 nitrogen and oxygen atoms in total. The van der Waals surface area contributed by atoms with E-state index in [1.807, 2.05) is 37.4 Å². The number of benzene rings is 2. The first-order valence-electron chi connectivity index (χ1n) is 9.02. The number of fused-ring (bicyclic) bond motifs is 1. The maximum Gasteiger partial charge on any atom is 0.337 e. The summed E-state index contributed by atoms with van der Waals surface area (Å²) in [6.07, 6.45) is 2.04. The Hall–Kier alpha value is -2.13. The van der Waals surface area contributed by atoms with Crippen molar-refractivity contribution in [3.8, 4) is 0 Å². The van der Waals surface area contributed by atoms with Gasteiger partial charge in [0.1, 0.15) is 0 Å². The van der Waals surface area contributed by atoms with E-state index in [1.165, 1.54) is 18.4 Å². The van der Waals surface area contributed by atoms with Crippen LogP contribution in [0.4, 0.5) is 5.13 Å². The molecule has 0 radical (unpaired) electrons. The first kappa shape index (κ1) is 24.1. The minimum Gasteiger partial charge on any atom is -0.465 e. The van der Waals surface area contributed by atoms with Crippen LogP contribution in [0.2, 0.25) is 0 Å². The molecule has 2 aromatic carbocycles. The number of hydrogen-bond donors (Lipinski definition) is 0. The molecule has 0 fully saturated rings. The average molecular weight is 466 g/mol. The van der Waals surface area contributed by atoms with Gasteiger partial charge in [-0.2, -0.15) is 0 Å². The molecule has 0 N–H and O–H groups in total. The summed E-state index contributed by atoms with van der Waals surface area (Å²) >= 11 is 3.19. The standard InChI is InChI=1S/C21H23N3O3S2.ClH/c1-23(2)11-12-24(19(25)14-5-7-15(8-6-14)20(26)27-3)21-22-17-10-9-16(28-4)13-18(17)29-21;/h5-10,13H,11-12H2,1-4H3;1H. The largest absolute Gasteiger partial charge is 0.465 e. The summed E-state index contributed by atoms with van der Waals surface area (Å²) in [5.41, 5.74) is 1.79. The molecule has 0 aliphatic heterocycles. The molecule has 0 unspecified atom stereocenters. The SMILES string of the molecule is COC(=O)c1ccc(C(=O)N(CCN(C)C)c2nc3ccc(SC)cc3s2)cc1.Cl. The van der Waals surface area contributed by atoms with Crippen LogP contribution in [0.3, 0.4) is 0 Å². The molecule has 0 aliphatic rings. The Balaban J connectivity index is 0.00000320. The van der Waals surface area contributed by atoms with Gasteiger partial charge in [0.25, 0.3) is 5.91 Å². The van der Waals surface area contributed by atoms with E-state index in [2.05, 4.69) is 6.07 Å². The Bertz CT molecular complexity index is 1020. The monoisotopic (exact) mass is 465 g/mol. The third-order valence-corrected chi connectivity index (χ3v) is 6.15. The van der Waals surface area contributed by atoms with Crippen molar-refractivity contribution in [1.82, 2.24) is 9.88 Å². The number of esters is 1. The van der Waals surface area contributed by atoms with Crippen molar-refractivity contribution < 1.29 is 14.3 Å². The number of halogens is 1. The van der Waals surface area contributed by atoms with Crippen molar-refractivity contribution in [3.05, 3.63) is 53.6 Å². The number of thioether (sulfide) groups is 1. The summed E-state index contributed by atoms with van der Waals surface area (Å²) in [4.78, 5) is 34.5. The normalized spacial score (nSPS) is 10.7. The van der Waals surface area contributed by atoms with Crippen LogP contribution < -0.4 is 4.90 Å². The number of rotatable bonds is 7. The molecule has 0 spiro atoms. The quantitative estimate of drug-likeness (QED) is 0.380. The molecule has 3 rings (SSSR count). The molecule has 0 saturated carbocycles. The van der Waals surface area contributed by atoms with Crippen LogP contribution in [0, 0.1) is 0 Å². The lowest BCUT2D eigenvalue weighted by Gasteiger charge is -2.22. The van der Waals surface area contributed by atoms with Gasteiger partial charge in [0.2, 0.25) is 0 Å². The van der Waals surface area contributed by atoms with E-state index >= 15 is 0 Å². The van der Waals surface area contributed by atoms with Gasteiger partial charge in [0, 0.05) is 23.5 Å². The predicted octanol–water partition coefficient (Wildman–Crippen LogP) is 4.44. The van der Waals surface area contributed by atoms with Crippen molar-refractivity contribution >= 4 is 62.7 Å². The van der Waals surface area contributed by atoms with E-state index in [0.717, 1.165) is 15.1 Å². The molecule has 9 heteroatoms. The number of hydrogen-bond acceptors (Lipinski definition) is 7. The minimum atomic E-state index is -0.427. The van der Waals surface area contributed by atoms with Crippen molar-refractivity contribution in [2.75, 3.05) is 45.5 Å². The number of aromatic nitrogens is 1. The Morgan fingerprint density at radius 3 is 2.33 bits per heavy atom. The fourth-order valence-electron chi connectivity index (χ4n) is 2.74. The smallest absolute Gasteiger partial charge is 0.337 e. The number of ether oxygens (including phenoxy) is 1. The lowest BCUT2D eigenvalue weighted by atomic mass is 10.1.